The molecule has 3 aromatic carbocycles. The zero-order valence-electron chi connectivity index (χ0n) is 16.8. The zero-order valence-corrected chi connectivity index (χ0v) is 17.5. The van der Waals surface area contributed by atoms with Crippen molar-refractivity contribution in [1.82, 2.24) is 4.98 Å². The fourth-order valence-electron chi connectivity index (χ4n) is 3.89. The minimum Gasteiger partial charge on any atom is -0.354 e. The third-order valence-corrected chi connectivity index (χ3v) is 5.79. The summed E-state index contributed by atoms with van der Waals surface area (Å²) < 4.78 is 40.0. The molecule has 0 bridgehead atoms. The summed E-state index contributed by atoms with van der Waals surface area (Å²) in [7, 11) is 0. The molecule has 6 heteroatoms. The molecule has 0 aliphatic heterocycles. The SMILES string of the molecule is NCCCCc1c(-c2cc(C(F)(F)F)ccc2Cl)[nH]c2ccc(-c3ccccc3)cc12. The monoisotopic (exact) mass is 442 g/mol. The Labute approximate surface area is 183 Å². The first-order valence-corrected chi connectivity index (χ1v) is 10.5. The highest BCUT2D eigenvalue weighted by Crippen LogP contribution is 2.40. The van der Waals surface area contributed by atoms with Gasteiger partial charge in [-0.25, -0.2) is 0 Å². The van der Waals surface area contributed by atoms with Crippen LogP contribution in [0.3, 0.4) is 0 Å². The van der Waals surface area contributed by atoms with E-state index in [2.05, 4.69) is 11.1 Å². The van der Waals surface area contributed by atoms with Gasteiger partial charge in [0.05, 0.1) is 11.3 Å². The molecule has 1 heterocycles. The quantitative estimate of drug-likeness (QED) is 0.299. The van der Waals surface area contributed by atoms with E-state index in [9.17, 15) is 13.2 Å². The fraction of sp³-hybridized carbons (Fsp3) is 0.200. The Hall–Kier alpha value is -2.76. The van der Waals surface area contributed by atoms with E-state index in [0.717, 1.165) is 52.6 Å². The van der Waals surface area contributed by atoms with Crippen molar-refractivity contribution >= 4 is 22.5 Å². The first kappa shape index (κ1) is 21.5. The summed E-state index contributed by atoms with van der Waals surface area (Å²) in [6, 6.07) is 19.5. The second kappa shape index (κ2) is 8.77. The molecule has 2 nitrogen and oxygen atoms in total. The number of benzene rings is 3. The van der Waals surface area contributed by atoms with E-state index in [4.69, 9.17) is 17.3 Å². The lowest BCUT2D eigenvalue weighted by molar-refractivity contribution is -0.137. The molecule has 0 amide bonds. The molecule has 4 rings (SSSR count). The molecule has 0 aliphatic rings. The van der Waals surface area contributed by atoms with E-state index in [-0.39, 0.29) is 5.02 Å². The summed E-state index contributed by atoms with van der Waals surface area (Å²) in [6.45, 7) is 0.567. The topological polar surface area (TPSA) is 41.8 Å². The van der Waals surface area contributed by atoms with Crippen LogP contribution in [-0.4, -0.2) is 11.5 Å². The zero-order chi connectivity index (χ0) is 22.0. The Morgan fingerprint density at radius 3 is 2.35 bits per heavy atom. The van der Waals surface area contributed by atoms with Gasteiger partial charge in [0, 0.05) is 21.5 Å². The van der Waals surface area contributed by atoms with Gasteiger partial charge in [0.1, 0.15) is 0 Å². The van der Waals surface area contributed by atoms with Crippen LogP contribution >= 0.6 is 11.6 Å². The minimum absolute atomic E-state index is 0.280. The highest BCUT2D eigenvalue weighted by Gasteiger charge is 2.31. The van der Waals surface area contributed by atoms with E-state index in [1.807, 2.05) is 42.5 Å². The van der Waals surface area contributed by atoms with Gasteiger partial charge >= 0.3 is 6.18 Å². The van der Waals surface area contributed by atoms with Crippen LogP contribution in [0, 0.1) is 0 Å². The smallest absolute Gasteiger partial charge is 0.354 e. The van der Waals surface area contributed by atoms with Gasteiger partial charge in [-0.2, -0.15) is 13.2 Å². The van der Waals surface area contributed by atoms with Gasteiger partial charge in [-0.1, -0.05) is 48.0 Å². The molecule has 31 heavy (non-hydrogen) atoms. The summed E-state index contributed by atoms with van der Waals surface area (Å²) in [5.41, 5.74) is 9.90. The highest BCUT2D eigenvalue weighted by atomic mass is 35.5. The maximum Gasteiger partial charge on any atom is 0.416 e. The van der Waals surface area contributed by atoms with Crippen molar-refractivity contribution in [2.75, 3.05) is 6.54 Å². The lowest BCUT2D eigenvalue weighted by Crippen LogP contribution is -2.05. The van der Waals surface area contributed by atoms with Crippen LogP contribution in [0.1, 0.15) is 24.0 Å². The molecule has 0 saturated heterocycles. The summed E-state index contributed by atoms with van der Waals surface area (Å²) in [6.07, 6.45) is -2.08. The van der Waals surface area contributed by atoms with Gasteiger partial charge in [0.15, 0.2) is 0 Å². The molecule has 160 valence electrons. The van der Waals surface area contributed by atoms with Crippen LogP contribution in [0.25, 0.3) is 33.3 Å². The molecule has 0 atom stereocenters. The average Bonchev–Trinajstić information content (AvgIpc) is 3.11. The van der Waals surface area contributed by atoms with Crippen LogP contribution in [0.4, 0.5) is 13.2 Å². The summed E-state index contributed by atoms with van der Waals surface area (Å²) in [4.78, 5) is 3.32. The number of nitrogens with two attached hydrogens (primary N) is 1. The lowest BCUT2D eigenvalue weighted by atomic mass is 9.97. The summed E-state index contributed by atoms with van der Waals surface area (Å²) in [5, 5.41) is 1.27. The Bertz CT molecular complexity index is 1200. The minimum atomic E-state index is -4.44. The number of hydrogen-bond acceptors (Lipinski definition) is 1. The largest absolute Gasteiger partial charge is 0.416 e. The number of fused-ring (bicyclic) bond motifs is 1. The molecule has 0 fully saturated rings. The van der Waals surface area contributed by atoms with Crippen LogP contribution in [0.2, 0.25) is 5.02 Å². The molecule has 0 radical (unpaired) electrons. The van der Waals surface area contributed by atoms with Crippen LogP contribution < -0.4 is 5.73 Å². The van der Waals surface area contributed by atoms with Crippen LogP contribution in [0.5, 0.6) is 0 Å². The molecular weight excluding hydrogens is 421 g/mol. The molecule has 1 aromatic heterocycles. The number of aryl methyl sites for hydroxylation is 1. The number of halogens is 4. The molecule has 0 saturated carbocycles. The van der Waals surface area contributed by atoms with E-state index in [0.29, 0.717) is 24.2 Å². The molecule has 0 aliphatic carbocycles. The van der Waals surface area contributed by atoms with Crippen molar-refractivity contribution in [3.63, 3.8) is 0 Å². The first-order valence-electron chi connectivity index (χ1n) is 10.2. The number of aromatic nitrogens is 1. The molecule has 0 spiro atoms. The Morgan fingerprint density at radius 2 is 1.65 bits per heavy atom. The third kappa shape index (κ3) is 4.48. The average molecular weight is 443 g/mol. The Morgan fingerprint density at radius 1 is 0.871 bits per heavy atom. The van der Waals surface area contributed by atoms with Gasteiger partial charge < -0.3 is 10.7 Å². The normalized spacial score (nSPS) is 11.9. The molecule has 3 N–H and O–H groups in total. The van der Waals surface area contributed by atoms with Crippen molar-refractivity contribution in [1.29, 1.82) is 0 Å². The van der Waals surface area contributed by atoms with E-state index in [1.54, 1.807) is 0 Å². The van der Waals surface area contributed by atoms with Crippen LogP contribution in [-0.2, 0) is 12.6 Å². The van der Waals surface area contributed by atoms with Crippen molar-refractivity contribution in [2.45, 2.75) is 25.4 Å². The maximum absolute atomic E-state index is 13.3. The highest BCUT2D eigenvalue weighted by molar-refractivity contribution is 6.33. The number of nitrogens with one attached hydrogen (secondary N) is 1. The van der Waals surface area contributed by atoms with E-state index >= 15 is 0 Å². The number of alkyl halides is 3. The van der Waals surface area contributed by atoms with E-state index < -0.39 is 11.7 Å². The van der Waals surface area contributed by atoms with Crippen molar-refractivity contribution in [2.24, 2.45) is 5.73 Å². The predicted octanol–water partition coefficient (Wildman–Crippen LogP) is 7.46. The van der Waals surface area contributed by atoms with Gasteiger partial charge in [-0.15, -0.1) is 0 Å². The third-order valence-electron chi connectivity index (χ3n) is 5.46. The number of H-pyrrole nitrogens is 1. The second-order valence-electron chi connectivity index (χ2n) is 7.54. The van der Waals surface area contributed by atoms with Gasteiger partial charge in [-0.3, -0.25) is 0 Å². The van der Waals surface area contributed by atoms with Gasteiger partial charge in [0.2, 0.25) is 0 Å². The number of unbranched alkanes of at least 4 members (excludes halogenated alkanes) is 1. The Balaban J connectivity index is 1.90. The second-order valence-corrected chi connectivity index (χ2v) is 7.95. The van der Waals surface area contributed by atoms with E-state index in [1.165, 1.54) is 6.07 Å². The number of aromatic amines is 1. The van der Waals surface area contributed by atoms with Gasteiger partial charge in [-0.05, 0) is 72.8 Å². The molecular formula is C25H22ClF3N2. The summed E-state index contributed by atoms with van der Waals surface area (Å²) >= 11 is 6.36. The van der Waals surface area contributed by atoms with Crippen molar-refractivity contribution in [3.05, 3.63) is 82.9 Å². The predicted molar refractivity (Wildman–Crippen MR) is 121 cm³/mol. The number of hydrogen-bond donors (Lipinski definition) is 2. The van der Waals surface area contributed by atoms with Crippen molar-refractivity contribution in [3.8, 4) is 22.4 Å². The standard InChI is InChI=1S/C25H22ClF3N2/c26-22-11-10-18(25(27,28)29)15-21(22)24-19(8-4-5-13-30)20-14-17(9-12-23(20)31-24)16-6-2-1-3-7-16/h1-3,6-7,9-12,14-15,31H,4-5,8,13,30H2. The molecule has 0 unspecified atom stereocenters. The Kier molecular flexibility index (Phi) is 6.08. The van der Waals surface area contributed by atoms with Gasteiger partial charge in [0.25, 0.3) is 0 Å². The summed E-state index contributed by atoms with van der Waals surface area (Å²) in [5.74, 6) is 0. The molecule has 4 aromatic rings. The maximum atomic E-state index is 13.3. The first-order chi connectivity index (χ1) is 14.9. The number of rotatable bonds is 6. The fourth-order valence-corrected chi connectivity index (χ4v) is 4.10. The lowest BCUT2D eigenvalue weighted by Gasteiger charge is -2.12. The van der Waals surface area contributed by atoms with Crippen LogP contribution in [0.15, 0.2) is 66.7 Å². The van der Waals surface area contributed by atoms with Crippen molar-refractivity contribution < 1.29 is 13.2 Å².